The Morgan fingerprint density at radius 2 is 1.86 bits per heavy atom. The zero-order chi connectivity index (χ0) is 20.1. The van der Waals surface area contributed by atoms with Crippen LogP contribution < -0.4 is 5.32 Å². The molecule has 0 unspecified atom stereocenters. The number of anilines is 1. The first kappa shape index (κ1) is 18.2. The molecule has 1 amide bonds. The second-order valence-corrected chi connectivity index (χ2v) is 7.23. The second kappa shape index (κ2) is 6.48. The molecule has 4 rings (SSSR count). The minimum Gasteiger partial charge on any atom is -0.321 e. The van der Waals surface area contributed by atoms with Crippen LogP contribution in [0.4, 0.5) is 18.9 Å². The van der Waals surface area contributed by atoms with E-state index in [4.69, 9.17) is 0 Å². The van der Waals surface area contributed by atoms with E-state index in [9.17, 15) is 18.0 Å². The smallest absolute Gasteiger partial charge is 0.321 e. The van der Waals surface area contributed by atoms with Crippen LogP contribution in [0.1, 0.15) is 21.1 Å². The minimum absolute atomic E-state index is 0.0745. The van der Waals surface area contributed by atoms with E-state index in [2.05, 4.69) is 15.5 Å². The second-order valence-electron chi connectivity index (χ2n) is 6.20. The van der Waals surface area contributed by atoms with Gasteiger partial charge in [-0.2, -0.15) is 23.4 Å². The van der Waals surface area contributed by atoms with E-state index >= 15 is 0 Å². The molecule has 0 spiro atoms. The lowest BCUT2D eigenvalue weighted by molar-refractivity contribution is -0.140. The lowest BCUT2D eigenvalue weighted by Gasteiger charge is -2.06. The monoisotopic (exact) mass is 405 g/mol. The molecule has 4 aromatic rings. The normalized spacial score (nSPS) is 11.9. The van der Waals surface area contributed by atoms with Crippen molar-refractivity contribution in [2.45, 2.75) is 13.1 Å². The van der Waals surface area contributed by atoms with E-state index in [1.807, 2.05) is 19.2 Å². The van der Waals surface area contributed by atoms with Gasteiger partial charge in [0.2, 0.25) is 0 Å². The van der Waals surface area contributed by atoms with Crippen LogP contribution in [-0.4, -0.2) is 25.5 Å². The Balaban J connectivity index is 1.57. The predicted molar refractivity (Wildman–Crippen MR) is 99.8 cm³/mol. The Labute approximate surface area is 161 Å². The van der Waals surface area contributed by atoms with Crippen LogP contribution in [-0.2, 0) is 13.2 Å². The van der Waals surface area contributed by atoms with Crippen molar-refractivity contribution in [3.63, 3.8) is 0 Å². The molecule has 0 radical (unpaired) electrons. The fourth-order valence-corrected chi connectivity index (χ4v) is 3.78. The maximum Gasteiger partial charge on any atom is 0.435 e. The van der Waals surface area contributed by atoms with Crippen LogP contribution in [0, 0.1) is 6.92 Å². The molecular weight excluding hydrogens is 391 g/mol. The van der Waals surface area contributed by atoms with Crippen molar-refractivity contribution >= 4 is 33.1 Å². The Morgan fingerprint density at radius 3 is 2.46 bits per heavy atom. The molecule has 0 saturated carbocycles. The summed E-state index contributed by atoms with van der Waals surface area (Å²) in [6.07, 6.45) is -2.75. The number of alkyl halides is 3. The van der Waals surface area contributed by atoms with Gasteiger partial charge in [0.05, 0.1) is 16.3 Å². The number of aromatic nitrogens is 4. The average molecular weight is 405 g/mol. The van der Waals surface area contributed by atoms with Crippen LogP contribution >= 0.6 is 11.3 Å². The number of benzene rings is 1. The molecule has 0 bridgehead atoms. The van der Waals surface area contributed by atoms with Gasteiger partial charge in [0, 0.05) is 24.3 Å². The third kappa shape index (κ3) is 3.26. The topological polar surface area (TPSA) is 64.7 Å². The third-order valence-corrected chi connectivity index (χ3v) is 5.32. The van der Waals surface area contributed by atoms with E-state index in [1.54, 1.807) is 28.9 Å². The van der Waals surface area contributed by atoms with Crippen LogP contribution in [0.5, 0.6) is 0 Å². The molecule has 0 aliphatic rings. The third-order valence-electron chi connectivity index (χ3n) is 4.12. The van der Waals surface area contributed by atoms with Gasteiger partial charge in [0.1, 0.15) is 4.83 Å². The van der Waals surface area contributed by atoms with Gasteiger partial charge in [-0.3, -0.25) is 9.48 Å². The van der Waals surface area contributed by atoms with Gasteiger partial charge >= 0.3 is 6.18 Å². The number of hydrogen-bond donors (Lipinski definition) is 1. The molecule has 28 heavy (non-hydrogen) atoms. The number of hydrogen-bond acceptors (Lipinski definition) is 4. The van der Waals surface area contributed by atoms with Crippen LogP contribution in [0.15, 0.2) is 42.6 Å². The molecule has 0 aliphatic carbocycles. The first-order valence-electron chi connectivity index (χ1n) is 8.20. The highest BCUT2D eigenvalue weighted by atomic mass is 32.1. The fraction of sp³-hybridized carbons (Fsp3) is 0.167. The summed E-state index contributed by atoms with van der Waals surface area (Å²) in [5.41, 5.74) is 1.26. The van der Waals surface area contributed by atoms with Gasteiger partial charge in [-0.05, 0) is 43.3 Å². The largest absolute Gasteiger partial charge is 0.435 e. The lowest BCUT2D eigenvalue weighted by atomic mass is 10.2. The van der Waals surface area contributed by atoms with Crippen molar-refractivity contribution in [1.82, 2.24) is 19.6 Å². The number of fused-ring (bicyclic) bond motifs is 1. The number of nitrogens with zero attached hydrogens (tertiary/aromatic N) is 4. The van der Waals surface area contributed by atoms with Crippen molar-refractivity contribution in [1.29, 1.82) is 0 Å². The van der Waals surface area contributed by atoms with Crippen molar-refractivity contribution < 1.29 is 18.0 Å². The number of aryl methyl sites for hydroxylation is 2. The van der Waals surface area contributed by atoms with Crippen LogP contribution in [0.3, 0.4) is 0 Å². The molecule has 0 atom stereocenters. The molecule has 3 aromatic heterocycles. The maximum atomic E-state index is 13.1. The number of carbonyl (C=O) groups excluding carboxylic acids is 1. The molecule has 10 heteroatoms. The van der Waals surface area contributed by atoms with Gasteiger partial charge in [-0.15, -0.1) is 11.3 Å². The Kier molecular flexibility index (Phi) is 4.22. The number of thiophene rings is 1. The first-order valence-corrected chi connectivity index (χ1v) is 9.02. The molecule has 1 aromatic carbocycles. The van der Waals surface area contributed by atoms with Crippen molar-refractivity contribution in [3.8, 4) is 5.69 Å². The van der Waals surface area contributed by atoms with Crippen LogP contribution in [0.25, 0.3) is 15.9 Å². The summed E-state index contributed by atoms with van der Waals surface area (Å²) in [5.74, 6) is -0.475. The average Bonchev–Trinajstić information content (AvgIpc) is 3.32. The Bertz CT molecular complexity index is 1170. The van der Waals surface area contributed by atoms with E-state index in [-0.39, 0.29) is 10.3 Å². The van der Waals surface area contributed by atoms with Gasteiger partial charge in [-0.1, -0.05) is 0 Å². The summed E-state index contributed by atoms with van der Waals surface area (Å²) < 4.78 is 42.1. The highest BCUT2D eigenvalue weighted by molar-refractivity contribution is 7.20. The summed E-state index contributed by atoms with van der Waals surface area (Å²) in [6.45, 7) is 1.88. The zero-order valence-corrected chi connectivity index (χ0v) is 15.6. The quantitative estimate of drug-likeness (QED) is 0.550. The fourth-order valence-electron chi connectivity index (χ4n) is 2.81. The van der Waals surface area contributed by atoms with Crippen molar-refractivity contribution in [2.24, 2.45) is 7.05 Å². The summed E-state index contributed by atoms with van der Waals surface area (Å²) in [5, 5.41) is 10.4. The number of nitrogens with one attached hydrogen (secondary N) is 1. The summed E-state index contributed by atoms with van der Waals surface area (Å²) in [7, 11) is 1.42. The molecular formula is C18H14F3N5OS. The Hall–Kier alpha value is -3.14. The highest BCUT2D eigenvalue weighted by Gasteiger charge is 2.37. The van der Waals surface area contributed by atoms with E-state index in [1.165, 1.54) is 13.1 Å². The van der Waals surface area contributed by atoms with Crippen molar-refractivity contribution in [2.75, 3.05) is 5.32 Å². The number of amides is 1. The van der Waals surface area contributed by atoms with E-state index < -0.39 is 17.8 Å². The maximum absolute atomic E-state index is 13.1. The van der Waals surface area contributed by atoms with Gasteiger partial charge in [-0.25, -0.2) is 4.68 Å². The standard InChI is InChI=1S/C18H14F3N5OS/c1-10-7-8-26(23-10)12-5-3-11(4-6-12)22-16(27)14-9-13-15(18(19,20)21)24-25(2)17(13)28-14/h3-9H,1-2H3,(H,22,27). The SMILES string of the molecule is Cc1ccn(-c2ccc(NC(=O)c3cc4c(C(F)(F)F)nn(C)c4s3)cc2)n1. The first-order chi connectivity index (χ1) is 13.2. The van der Waals surface area contributed by atoms with E-state index in [0.29, 0.717) is 10.5 Å². The van der Waals surface area contributed by atoms with E-state index in [0.717, 1.165) is 27.4 Å². The summed E-state index contributed by atoms with van der Waals surface area (Å²) >= 11 is 0.965. The number of halogens is 3. The zero-order valence-electron chi connectivity index (χ0n) is 14.8. The predicted octanol–water partition coefficient (Wildman–Crippen LogP) is 4.40. The summed E-state index contributed by atoms with van der Waals surface area (Å²) in [6, 6.07) is 10.1. The molecule has 0 saturated heterocycles. The molecule has 3 heterocycles. The summed E-state index contributed by atoms with van der Waals surface area (Å²) in [4.78, 5) is 13.0. The molecule has 0 aliphatic heterocycles. The Morgan fingerprint density at radius 1 is 1.14 bits per heavy atom. The van der Waals surface area contributed by atoms with Crippen LogP contribution in [0.2, 0.25) is 0 Å². The van der Waals surface area contributed by atoms with Crippen molar-refractivity contribution in [3.05, 3.63) is 58.9 Å². The number of rotatable bonds is 3. The molecule has 6 nitrogen and oxygen atoms in total. The van der Waals surface area contributed by atoms with Gasteiger partial charge in [0.25, 0.3) is 5.91 Å². The molecule has 0 fully saturated rings. The lowest BCUT2D eigenvalue weighted by Crippen LogP contribution is -2.11. The highest BCUT2D eigenvalue weighted by Crippen LogP contribution is 2.37. The molecule has 144 valence electrons. The molecule has 1 N–H and O–H groups in total. The van der Waals surface area contributed by atoms with Gasteiger partial charge in [0.15, 0.2) is 5.69 Å². The minimum atomic E-state index is -4.57. The number of carbonyl (C=O) groups is 1. The van der Waals surface area contributed by atoms with Gasteiger partial charge < -0.3 is 5.32 Å².